The molecule has 0 heterocycles. The zero-order valence-electron chi connectivity index (χ0n) is 15.0. The van der Waals surface area contributed by atoms with Gasteiger partial charge in [-0.05, 0) is 52.1 Å². The summed E-state index contributed by atoms with van der Waals surface area (Å²) in [4.78, 5) is 21.5. The maximum atomic E-state index is 11.2. The number of hydrogen-bond donors (Lipinski definition) is 1. The number of carboxylic acid groups (broad SMARTS) is 1. The molecule has 0 aliphatic heterocycles. The van der Waals surface area contributed by atoms with Crippen molar-refractivity contribution >= 4 is 28.6 Å². The quantitative estimate of drug-likeness (QED) is 0.263. The van der Waals surface area contributed by atoms with Crippen LogP contribution >= 0.6 is 0 Å². The summed E-state index contributed by atoms with van der Waals surface area (Å²) >= 11 is 0. The lowest BCUT2D eigenvalue weighted by atomic mass is 10.4. The summed E-state index contributed by atoms with van der Waals surface area (Å²) in [5.74, 6) is -1.86. The largest absolute Gasteiger partial charge is 0.478 e. The van der Waals surface area contributed by atoms with E-state index in [1.54, 1.807) is 0 Å². The average Bonchev–Trinajstić information content (AvgIpc) is 2.36. The summed E-state index contributed by atoms with van der Waals surface area (Å²) in [6, 6.07) is 1.03. The van der Waals surface area contributed by atoms with E-state index >= 15 is 0 Å². The van der Waals surface area contributed by atoms with E-state index in [0.29, 0.717) is 6.61 Å². The molecule has 6 nitrogen and oxygen atoms in total. The molecule has 0 aromatic rings. The minimum Gasteiger partial charge on any atom is -0.478 e. The standard InChI is InChI=1S/C15H30O6Si2/c1-13(12-20-15(18)9-8-14(16)17)19-10-7-11-23(5,6)21-22(2,3)4/h8-9,13H,7,10-12H2,1-6H3,(H,16,17)/b9-8+. The van der Waals surface area contributed by atoms with Crippen LogP contribution in [0, 0.1) is 0 Å². The highest BCUT2D eigenvalue weighted by atomic mass is 28.4. The Hall–Kier alpha value is -0.966. The molecule has 1 atom stereocenters. The molecule has 0 amide bonds. The molecule has 0 aliphatic rings. The first-order chi connectivity index (χ1) is 10.4. The molecule has 23 heavy (non-hydrogen) atoms. The van der Waals surface area contributed by atoms with Gasteiger partial charge in [0.25, 0.3) is 0 Å². The van der Waals surface area contributed by atoms with Crippen LogP contribution in [0.4, 0.5) is 0 Å². The van der Waals surface area contributed by atoms with Crippen LogP contribution in [-0.4, -0.2) is 53.0 Å². The Morgan fingerprint density at radius 3 is 2.26 bits per heavy atom. The Labute approximate surface area is 141 Å². The van der Waals surface area contributed by atoms with Crippen molar-refractivity contribution in [3.8, 4) is 0 Å². The van der Waals surface area contributed by atoms with Crippen LogP contribution in [0.1, 0.15) is 13.3 Å². The van der Waals surface area contributed by atoms with Crippen molar-refractivity contribution in [2.24, 2.45) is 0 Å². The lowest BCUT2D eigenvalue weighted by Gasteiger charge is -2.31. The Balaban J connectivity index is 3.88. The van der Waals surface area contributed by atoms with Crippen LogP contribution in [0.3, 0.4) is 0 Å². The minimum atomic E-state index is -1.64. The van der Waals surface area contributed by atoms with Gasteiger partial charge in [-0.2, -0.15) is 0 Å². The highest BCUT2D eigenvalue weighted by Gasteiger charge is 2.28. The molecule has 0 fully saturated rings. The van der Waals surface area contributed by atoms with Crippen LogP contribution < -0.4 is 0 Å². The van der Waals surface area contributed by atoms with E-state index in [1.165, 1.54) is 0 Å². The molecule has 0 aromatic carbocycles. The number of aliphatic carboxylic acids is 1. The van der Waals surface area contributed by atoms with E-state index in [2.05, 4.69) is 32.7 Å². The number of hydrogen-bond acceptors (Lipinski definition) is 5. The van der Waals surface area contributed by atoms with Crippen molar-refractivity contribution in [2.75, 3.05) is 13.2 Å². The van der Waals surface area contributed by atoms with Gasteiger partial charge in [0, 0.05) is 18.8 Å². The van der Waals surface area contributed by atoms with Gasteiger partial charge in [0.1, 0.15) is 6.61 Å². The van der Waals surface area contributed by atoms with E-state index in [4.69, 9.17) is 18.7 Å². The Morgan fingerprint density at radius 1 is 1.13 bits per heavy atom. The van der Waals surface area contributed by atoms with Crippen LogP contribution in [0.2, 0.25) is 38.8 Å². The Morgan fingerprint density at radius 2 is 1.74 bits per heavy atom. The Bertz CT molecular complexity index is 415. The molecule has 0 radical (unpaired) electrons. The number of esters is 1. The fourth-order valence-electron chi connectivity index (χ4n) is 2.10. The van der Waals surface area contributed by atoms with Crippen LogP contribution in [0.15, 0.2) is 12.2 Å². The summed E-state index contributed by atoms with van der Waals surface area (Å²) < 4.78 is 16.8. The summed E-state index contributed by atoms with van der Waals surface area (Å²) in [6.07, 6.45) is 2.33. The van der Waals surface area contributed by atoms with Gasteiger partial charge in [0.2, 0.25) is 0 Å². The van der Waals surface area contributed by atoms with Crippen molar-refractivity contribution in [1.82, 2.24) is 0 Å². The topological polar surface area (TPSA) is 82.1 Å². The summed E-state index contributed by atoms with van der Waals surface area (Å²) in [5.41, 5.74) is 0. The van der Waals surface area contributed by atoms with Gasteiger partial charge >= 0.3 is 11.9 Å². The van der Waals surface area contributed by atoms with Crippen molar-refractivity contribution in [1.29, 1.82) is 0 Å². The molecule has 1 unspecified atom stereocenters. The SMILES string of the molecule is CC(COC(=O)/C=C/C(=O)O)OCCC[Si](C)(C)O[Si](C)(C)C. The third-order valence-electron chi connectivity index (χ3n) is 2.73. The third kappa shape index (κ3) is 14.4. The Kier molecular flexibility index (Phi) is 9.59. The lowest BCUT2D eigenvalue weighted by Crippen LogP contribution is -2.42. The van der Waals surface area contributed by atoms with Crippen LogP contribution in [0.25, 0.3) is 0 Å². The number of carbonyl (C=O) groups is 2. The van der Waals surface area contributed by atoms with Crippen LogP contribution in [-0.2, 0) is 23.2 Å². The molecule has 0 aliphatic carbocycles. The van der Waals surface area contributed by atoms with Gasteiger partial charge in [-0.1, -0.05) is 0 Å². The van der Waals surface area contributed by atoms with Gasteiger partial charge in [-0.15, -0.1) is 0 Å². The molecular formula is C15H30O6Si2. The van der Waals surface area contributed by atoms with Gasteiger partial charge in [-0.3, -0.25) is 0 Å². The van der Waals surface area contributed by atoms with Gasteiger partial charge in [0.15, 0.2) is 16.6 Å². The summed E-state index contributed by atoms with van der Waals surface area (Å²) in [7, 11) is -3.14. The number of ether oxygens (including phenoxy) is 2. The maximum absolute atomic E-state index is 11.2. The summed E-state index contributed by atoms with van der Waals surface area (Å²) in [6.45, 7) is 13.6. The maximum Gasteiger partial charge on any atom is 0.331 e. The second-order valence-corrected chi connectivity index (χ2v) is 16.1. The van der Waals surface area contributed by atoms with E-state index in [1.807, 2.05) is 6.92 Å². The molecule has 134 valence electrons. The lowest BCUT2D eigenvalue weighted by molar-refractivity contribution is -0.142. The molecule has 0 saturated carbocycles. The first kappa shape index (κ1) is 22.0. The van der Waals surface area contributed by atoms with Gasteiger partial charge < -0.3 is 18.7 Å². The molecule has 0 saturated heterocycles. The van der Waals surface area contributed by atoms with E-state index < -0.39 is 28.6 Å². The molecule has 0 rings (SSSR count). The van der Waals surface area contributed by atoms with Crippen molar-refractivity contribution < 1.29 is 28.3 Å². The van der Waals surface area contributed by atoms with E-state index in [0.717, 1.165) is 24.6 Å². The molecular weight excluding hydrogens is 332 g/mol. The first-order valence-electron chi connectivity index (χ1n) is 7.81. The highest BCUT2D eigenvalue weighted by Crippen LogP contribution is 2.19. The normalized spacial score (nSPS) is 14.0. The fourth-order valence-corrected chi connectivity index (χ4v) is 10.1. The molecule has 0 aromatic heterocycles. The third-order valence-corrected chi connectivity index (χ3v) is 8.95. The molecule has 0 bridgehead atoms. The first-order valence-corrected chi connectivity index (χ1v) is 14.3. The zero-order chi connectivity index (χ0) is 18.1. The smallest absolute Gasteiger partial charge is 0.331 e. The van der Waals surface area contributed by atoms with Crippen molar-refractivity contribution in [2.45, 2.75) is 58.2 Å². The predicted molar refractivity (Wildman–Crippen MR) is 94.5 cm³/mol. The van der Waals surface area contributed by atoms with Crippen molar-refractivity contribution in [3.05, 3.63) is 12.2 Å². The van der Waals surface area contributed by atoms with E-state index in [-0.39, 0.29) is 12.7 Å². The molecule has 0 spiro atoms. The number of carboxylic acids is 1. The predicted octanol–water partition coefficient (Wildman–Crippen LogP) is 3.02. The zero-order valence-corrected chi connectivity index (χ0v) is 17.0. The molecule has 1 N–H and O–H groups in total. The van der Waals surface area contributed by atoms with E-state index in [9.17, 15) is 9.59 Å². The fraction of sp³-hybridized carbons (Fsp3) is 0.733. The number of carbonyl (C=O) groups excluding carboxylic acids is 1. The minimum absolute atomic E-state index is 0.106. The van der Waals surface area contributed by atoms with Gasteiger partial charge in [-0.25, -0.2) is 9.59 Å². The van der Waals surface area contributed by atoms with Crippen LogP contribution in [0.5, 0.6) is 0 Å². The number of rotatable bonds is 11. The summed E-state index contributed by atoms with van der Waals surface area (Å²) in [5, 5.41) is 8.40. The second-order valence-electron chi connectivity index (χ2n) is 7.06. The highest BCUT2D eigenvalue weighted by molar-refractivity contribution is 6.84. The molecule has 8 heteroatoms. The monoisotopic (exact) mass is 362 g/mol. The van der Waals surface area contributed by atoms with Crippen molar-refractivity contribution in [3.63, 3.8) is 0 Å². The second kappa shape index (κ2) is 10.0. The van der Waals surface area contributed by atoms with Gasteiger partial charge in [0.05, 0.1) is 6.10 Å². The average molecular weight is 363 g/mol.